The van der Waals surface area contributed by atoms with Crippen LogP contribution in [-0.4, -0.2) is 52.5 Å². The van der Waals surface area contributed by atoms with Gasteiger partial charge in [-0.3, -0.25) is 9.78 Å². The van der Waals surface area contributed by atoms with Crippen LogP contribution in [0.5, 0.6) is 0 Å². The van der Waals surface area contributed by atoms with Gasteiger partial charge in [-0.25, -0.2) is 0 Å². The second-order valence-corrected chi connectivity index (χ2v) is 6.51. The first kappa shape index (κ1) is 16.5. The Balaban J connectivity index is 1.61. The van der Waals surface area contributed by atoms with Crippen LogP contribution in [0.4, 0.5) is 0 Å². The van der Waals surface area contributed by atoms with Gasteiger partial charge in [0.2, 0.25) is 0 Å². The number of likely N-dealkylation sites (N-methyl/N-ethyl adjacent to an activating group) is 1. The Morgan fingerprint density at radius 1 is 1.15 bits per heavy atom. The van der Waals surface area contributed by atoms with Crippen LogP contribution in [0.15, 0.2) is 65.4 Å². The number of hydrogen-bond donors (Lipinski definition) is 0. The minimum atomic E-state index is -0.106. The lowest BCUT2D eigenvalue weighted by Crippen LogP contribution is -2.49. The molecular formula is C20H20N4O2. The summed E-state index contributed by atoms with van der Waals surface area (Å²) in [6.07, 6.45) is 3.39. The van der Waals surface area contributed by atoms with Crippen molar-refractivity contribution in [1.82, 2.24) is 19.9 Å². The molecule has 0 saturated carbocycles. The maximum absolute atomic E-state index is 13.1. The third kappa shape index (κ3) is 3.23. The van der Waals surface area contributed by atoms with Crippen molar-refractivity contribution in [2.24, 2.45) is 0 Å². The lowest BCUT2D eigenvalue weighted by Gasteiger charge is -2.40. The molecule has 0 aliphatic carbocycles. The van der Waals surface area contributed by atoms with Crippen LogP contribution in [0.25, 0.3) is 11.3 Å². The number of amides is 1. The van der Waals surface area contributed by atoms with Gasteiger partial charge in [0.1, 0.15) is 0 Å². The van der Waals surface area contributed by atoms with Crippen molar-refractivity contribution in [3.8, 4) is 11.3 Å². The summed E-state index contributed by atoms with van der Waals surface area (Å²) in [7, 11) is 2.08. The number of carbonyl (C=O) groups is 1. The van der Waals surface area contributed by atoms with Crippen LogP contribution in [0.3, 0.4) is 0 Å². The van der Waals surface area contributed by atoms with Crippen LogP contribution in [0.2, 0.25) is 0 Å². The van der Waals surface area contributed by atoms with Gasteiger partial charge in [-0.05, 0) is 24.7 Å². The molecule has 1 aromatic carbocycles. The number of carbonyl (C=O) groups excluding carboxylic acids is 1. The molecule has 6 heteroatoms. The third-order valence-electron chi connectivity index (χ3n) is 4.70. The first-order valence-corrected chi connectivity index (χ1v) is 8.64. The van der Waals surface area contributed by atoms with Crippen molar-refractivity contribution in [1.29, 1.82) is 0 Å². The van der Waals surface area contributed by atoms with E-state index in [0.717, 1.165) is 24.2 Å². The third-order valence-corrected chi connectivity index (χ3v) is 4.70. The van der Waals surface area contributed by atoms with Gasteiger partial charge >= 0.3 is 0 Å². The predicted molar refractivity (Wildman–Crippen MR) is 97.5 cm³/mol. The van der Waals surface area contributed by atoms with Gasteiger partial charge in [0, 0.05) is 43.7 Å². The fourth-order valence-electron chi connectivity index (χ4n) is 3.29. The number of hydrogen-bond acceptors (Lipinski definition) is 5. The predicted octanol–water partition coefficient (Wildman–Crippen LogP) is 2.87. The number of nitrogens with zero attached hydrogens (tertiary/aromatic N) is 4. The zero-order chi connectivity index (χ0) is 17.9. The van der Waals surface area contributed by atoms with E-state index < -0.39 is 0 Å². The van der Waals surface area contributed by atoms with Crippen molar-refractivity contribution in [3.63, 3.8) is 0 Å². The molecule has 1 fully saturated rings. The summed E-state index contributed by atoms with van der Waals surface area (Å²) in [4.78, 5) is 21.3. The summed E-state index contributed by atoms with van der Waals surface area (Å²) >= 11 is 0. The Morgan fingerprint density at radius 3 is 2.77 bits per heavy atom. The Hall–Kier alpha value is -2.99. The van der Waals surface area contributed by atoms with Crippen molar-refractivity contribution >= 4 is 5.91 Å². The molecule has 132 valence electrons. The molecule has 6 nitrogen and oxygen atoms in total. The van der Waals surface area contributed by atoms with Crippen LogP contribution < -0.4 is 0 Å². The van der Waals surface area contributed by atoms with E-state index in [2.05, 4.69) is 34.2 Å². The molecule has 2 aromatic heterocycles. The van der Waals surface area contributed by atoms with Crippen LogP contribution in [0, 0.1) is 0 Å². The molecule has 1 aliphatic heterocycles. The molecular weight excluding hydrogens is 328 g/mol. The standard InChI is InChI=1S/C20H20N4O2/c1-23-10-11-24(18(14-23)15-6-3-2-4-7-15)20(25)17-12-19(26-22-17)16-8-5-9-21-13-16/h2-9,12-13,18H,10-11,14H2,1H3. The topological polar surface area (TPSA) is 62.5 Å². The molecule has 3 aromatic rings. The van der Waals surface area contributed by atoms with Gasteiger partial charge in [-0.1, -0.05) is 35.5 Å². The molecule has 1 atom stereocenters. The van der Waals surface area contributed by atoms with Crippen molar-refractivity contribution < 1.29 is 9.32 Å². The highest BCUT2D eigenvalue weighted by molar-refractivity contribution is 5.93. The molecule has 1 aliphatic rings. The minimum Gasteiger partial charge on any atom is -0.355 e. The second kappa shape index (κ2) is 7.09. The van der Waals surface area contributed by atoms with E-state index in [1.807, 2.05) is 35.2 Å². The summed E-state index contributed by atoms with van der Waals surface area (Å²) in [6.45, 7) is 2.29. The van der Waals surface area contributed by atoms with Gasteiger partial charge in [0.05, 0.1) is 6.04 Å². The number of rotatable bonds is 3. The summed E-state index contributed by atoms with van der Waals surface area (Å²) < 4.78 is 5.38. The lowest BCUT2D eigenvalue weighted by molar-refractivity contribution is 0.0488. The Morgan fingerprint density at radius 2 is 2.00 bits per heavy atom. The smallest absolute Gasteiger partial charge is 0.276 e. The Labute approximate surface area is 152 Å². The van der Waals surface area contributed by atoms with E-state index in [9.17, 15) is 4.79 Å². The average Bonchev–Trinajstić information content (AvgIpc) is 3.19. The Bertz CT molecular complexity index is 879. The van der Waals surface area contributed by atoms with Crippen molar-refractivity contribution in [3.05, 3.63) is 72.2 Å². The van der Waals surface area contributed by atoms with Gasteiger partial charge in [0.25, 0.3) is 5.91 Å². The second-order valence-electron chi connectivity index (χ2n) is 6.51. The average molecular weight is 348 g/mol. The summed E-state index contributed by atoms with van der Waals surface area (Å²) in [5.41, 5.74) is 2.26. The number of aromatic nitrogens is 2. The van der Waals surface area contributed by atoms with E-state index in [4.69, 9.17) is 4.52 Å². The number of pyridine rings is 1. The molecule has 0 bridgehead atoms. The van der Waals surface area contributed by atoms with E-state index >= 15 is 0 Å². The number of piperazine rings is 1. The first-order chi connectivity index (χ1) is 12.7. The fraction of sp³-hybridized carbons (Fsp3) is 0.250. The van der Waals surface area contributed by atoms with Crippen LogP contribution in [0.1, 0.15) is 22.1 Å². The molecule has 0 spiro atoms. The largest absolute Gasteiger partial charge is 0.355 e. The zero-order valence-electron chi connectivity index (χ0n) is 14.6. The Kier molecular flexibility index (Phi) is 4.50. The van der Waals surface area contributed by atoms with E-state index in [1.165, 1.54) is 0 Å². The normalized spacial score (nSPS) is 18.0. The molecule has 4 rings (SSSR count). The summed E-state index contributed by atoms with van der Waals surface area (Å²) in [5.74, 6) is 0.442. The van der Waals surface area contributed by atoms with Crippen LogP contribution in [-0.2, 0) is 0 Å². The maximum atomic E-state index is 13.1. The molecule has 26 heavy (non-hydrogen) atoms. The molecule has 0 N–H and O–H groups in total. The van der Waals surface area contributed by atoms with Crippen LogP contribution >= 0.6 is 0 Å². The van der Waals surface area contributed by atoms with Gasteiger partial charge in [0.15, 0.2) is 11.5 Å². The van der Waals surface area contributed by atoms with E-state index in [-0.39, 0.29) is 11.9 Å². The van der Waals surface area contributed by atoms with E-state index in [1.54, 1.807) is 18.5 Å². The van der Waals surface area contributed by atoms with Crippen molar-refractivity contribution in [2.45, 2.75) is 6.04 Å². The van der Waals surface area contributed by atoms with Gasteiger partial charge in [-0.15, -0.1) is 0 Å². The highest BCUT2D eigenvalue weighted by Gasteiger charge is 2.32. The maximum Gasteiger partial charge on any atom is 0.276 e. The van der Waals surface area contributed by atoms with Crippen molar-refractivity contribution in [2.75, 3.05) is 26.7 Å². The quantitative estimate of drug-likeness (QED) is 0.728. The molecule has 1 amide bonds. The highest BCUT2D eigenvalue weighted by atomic mass is 16.5. The monoisotopic (exact) mass is 348 g/mol. The highest BCUT2D eigenvalue weighted by Crippen LogP contribution is 2.27. The molecule has 1 unspecified atom stereocenters. The minimum absolute atomic E-state index is 0.000918. The summed E-state index contributed by atoms with van der Waals surface area (Å²) in [5, 5.41) is 4.01. The van der Waals surface area contributed by atoms with E-state index in [0.29, 0.717) is 18.0 Å². The lowest BCUT2D eigenvalue weighted by atomic mass is 10.0. The summed E-state index contributed by atoms with van der Waals surface area (Å²) in [6, 6.07) is 15.5. The fourth-order valence-corrected chi connectivity index (χ4v) is 3.29. The van der Waals surface area contributed by atoms with Gasteiger partial charge in [-0.2, -0.15) is 0 Å². The SMILES string of the molecule is CN1CCN(C(=O)c2cc(-c3cccnc3)on2)C(c2ccccc2)C1. The first-order valence-electron chi connectivity index (χ1n) is 8.64. The zero-order valence-corrected chi connectivity index (χ0v) is 14.6. The molecule has 3 heterocycles. The molecule has 0 radical (unpaired) electrons. The number of benzene rings is 1. The molecule has 1 saturated heterocycles. The van der Waals surface area contributed by atoms with Gasteiger partial charge < -0.3 is 14.3 Å².